The minimum Gasteiger partial charge on any atom is -0.335 e. The molecule has 2 aromatic rings. The normalized spacial score (nSPS) is 12.6. The number of hydrogen-bond acceptors (Lipinski definition) is 2. The monoisotopic (exact) mass is 321 g/mol. The van der Waals surface area contributed by atoms with Crippen LogP contribution in [0, 0.1) is 12.8 Å². The highest BCUT2D eigenvalue weighted by Gasteiger charge is 2.05. The number of aromatic nitrogens is 2. The molecule has 1 aromatic heterocycles. The number of nitrogens with one attached hydrogen (secondary N) is 1. The molecule has 0 bridgehead atoms. The molecular weight excluding hydrogens is 302 g/mol. The molecule has 19 heavy (non-hydrogen) atoms. The van der Waals surface area contributed by atoms with Gasteiger partial charge in [-0.25, -0.2) is 4.98 Å². The smallest absolute Gasteiger partial charge is 0.105 e. The Morgan fingerprint density at radius 3 is 2.95 bits per heavy atom. The molecule has 1 unspecified atom stereocenters. The zero-order valence-corrected chi connectivity index (χ0v) is 13.0. The molecule has 102 valence electrons. The molecule has 0 radical (unpaired) electrons. The van der Waals surface area contributed by atoms with E-state index in [2.05, 4.69) is 55.9 Å². The lowest BCUT2D eigenvalue weighted by Crippen LogP contribution is -2.24. The van der Waals surface area contributed by atoms with E-state index >= 15 is 0 Å². The topological polar surface area (TPSA) is 29.9 Å². The van der Waals surface area contributed by atoms with Crippen LogP contribution in [0.1, 0.15) is 18.3 Å². The van der Waals surface area contributed by atoms with Gasteiger partial charge in [-0.2, -0.15) is 0 Å². The number of nitrogens with zero attached hydrogens (tertiary/aromatic N) is 2. The van der Waals surface area contributed by atoms with Crippen LogP contribution in [0.5, 0.6) is 0 Å². The highest BCUT2D eigenvalue weighted by atomic mass is 79.9. The Labute approximate surface area is 123 Å². The first-order chi connectivity index (χ1) is 9.15. The van der Waals surface area contributed by atoms with Gasteiger partial charge >= 0.3 is 0 Å². The van der Waals surface area contributed by atoms with Crippen molar-refractivity contribution in [1.29, 1.82) is 0 Å². The zero-order valence-electron chi connectivity index (χ0n) is 11.4. The SMILES string of the molecule is Cc1nccn1CC(C)CNCc1cccc(Br)c1. The van der Waals surface area contributed by atoms with E-state index < -0.39 is 0 Å². The predicted octanol–water partition coefficient (Wildman–Crippen LogP) is 3.38. The van der Waals surface area contributed by atoms with Crippen LogP contribution in [0.15, 0.2) is 41.1 Å². The fourth-order valence-electron chi connectivity index (χ4n) is 2.11. The van der Waals surface area contributed by atoms with Crippen molar-refractivity contribution in [2.75, 3.05) is 6.54 Å². The van der Waals surface area contributed by atoms with Crippen LogP contribution in [-0.4, -0.2) is 16.1 Å². The molecule has 3 nitrogen and oxygen atoms in total. The number of aryl methyl sites for hydroxylation is 1. The second-order valence-corrected chi connectivity index (χ2v) is 5.91. The molecular formula is C15H20BrN3. The molecule has 1 heterocycles. The Balaban J connectivity index is 1.75. The first kappa shape index (κ1) is 14.3. The summed E-state index contributed by atoms with van der Waals surface area (Å²) in [6.45, 7) is 7.23. The molecule has 1 N–H and O–H groups in total. The van der Waals surface area contributed by atoms with Gasteiger partial charge in [-0.1, -0.05) is 35.0 Å². The molecule has 4 heteroatoms. The van der Waals surface area contributed by atoms with Crippen molar-refractivity contribution in [3.8, 4) is 0 Å². The second-order valence-electron chi connectivity index (χ2n) is 4.99. The van der Waals surface area contributed by atoms with Gasteiger partial charge in [0.25, 0.3) is 0 Å². The molecule has 1 aromatic carbocycles. The zero-order chi connectivity index (χ0) is 13.7. The molecule has 0 spiro atoms. The minimum atomic E-state index is 0.583. The van der Waals surface area contributed by atoms with Crippen molar-refractivity contribution in [2.45, 2.75) is 26.9 Å². The first-order valence-corrected chi connectivity index (χ1v) is 7.37. The van der Waals surface area contributed by atoms with E-state index in [0.29, 0.717) is 5.92 Å². The van der Waals surface area contributed by atoms with E-state index in [1.54, 1.807) is 0 Å². The molecule has 0 amide bonds. The third-order valence-electron chi connectivity index (χ3n) is 3.14. The highest BCUT2D eigenvalue weighted by molar-refractivity contribution is 9.10. The minimum absolute atomic E-state index is 0.583. The third kappa shape index (κ3) is 4.48. The van der Waals surface area contributed by atoms with E-state index in [9.17, 15) is 0 Å². The predicted molar refractivity (Wildman–Crippen MR) is 82.0 cm³/mol. The molecule has 1 atom stereocenters. The van der Waals surface area contributed by atoms with E-state index in [1.165, 1.54) is 5.56 Å². The van der Waals surface area contributed by atoms with E-state index in [1.807, 2.05) is 25.4 Å². The Hall–Kier alpha value is -1.13. The average molecular weight is 322 g/mol. The third-order valence-corrected chi connectivity index (χ3v) is 3.64. The molecule has 0 saturated heterocycles. The summed E-state index contributed by atoms with van der Waals surface area (Å²) in [7, 11) is 0. The molecule has 2 rings (SSSR count). The Kier molecular flexibility index (Phi) is 5.16. The Morgan fingerprint density at radius 2 is 2.26 bits per heavy atom. The van der Waals surface area contributed by atoms with Gasteiger partial charge in [-0.15, -0.1) is 0 Å². The molecule has 0 aliphatic rings. The lowest BCUT2D eigenvalue weighted by atomic mass is 10.1. The maximum atomic E-state index is 4.24. The largest absolute Gasteiger partial charge is 0.335 e. The van der Waals surface area contributed by atoms with Crippen LogP contribution in [0.4, 0.5) is 0 Å². The molecule has 0 aliphatic heterocycles. The maximum Gasteiger partial charge on any atom is 0.105 e. The van der Waals surface area contributed by atoms with Crippen LogP contribution >= 0.6 is 15.9 Å². The fourth-order valence-corrected chi connectivity index (χ4v) is 2.55. The maximum absolute atomic E-state index is 4.24. The number of halogens is 1. The van der Waals surface area contributed by atoms with Crippen molar-refractivity contribution in [1.82, 2.24) is 14.9 Å². The van der Waals surface area contributed by atoms with Crippen LogP contribution in [0.2, 0.25) is 0 Å². The van der Waals surface area contributed by atoms with Crippen molar-refractivity contribution < 1.29 is 0 Å². The fraction of sp³-hybridized carbons (Fsp3) is 0.400. The van der Waals surface area contributed by atoms with E-state index in [0.717, 1.165) is 29.9 Å². The van der Waals surface area contributed by atoms with Crippen molar-refractivity contribution in [2.24, 2.45) is 5.92 Å². The summed E-state index contributed by atoms with van der Waals surface area (Å²) < 4.78 is 3.33. The van der Waals surface area contributed by atoms with Gasteiger partial charge in [-0.05, 0) is 37.1 Å². The lowest BCUT2D eigenvalue weighted by Gasteiger charge is -2.14. The van der Waals surface area contributed by atoms with Gasteiger partial charge < -0.3 is 9.88 Å². The Morgan fingerprint density at radius 1 is 1.42 bits per heavy atom. The quantitative estimate of drug-likeness (QED) is 0.884. The summed E-state index contributed by atoms with van der Waals surface area (Å²) in [4.78, 5) is 4.24. The summed E-state index contributed by atoms with van der Waals surface area (Å²) in [6.07, 6.45) is 3.90. The summed E-state index contributed by atoms with van der Waals surface area (Å²) >= 11 is 3.49. The standard InChI is InChI=1S/C15H20BrN3/c1-12(11-19-7-6-18-13(19)2)9-17-10-14-4-3-5-15(16)8-14/h3-8,12,17H,9-11H2,1-2H3. The molecule has 0 saturated carbocycles. The van der Waals surface area contributed by atoms with Crippen LogP contribution in [0.25, 0.3) is 0 Å². The Bertz CT molecular complexity index is 522. The van der Waals surface area contributed by atoms with Crippen LogP contribution in [0.3, 0.4) is 0 Å². The van der Waals surface area contributed by atoms with Crippen molar-refractivity contribution >= 4 is 15.9 Å². The number of rotatable bonds is 6. The first-order valence-electron chi connectivity index (χ1n) is 6.58. The summed E-state index contributed by atoms with van der Waals surface area (Å²) in [5.41, 5.74) is 1.31. The summed E-state index contributed by atoms with van der Waals surface area (Å²) in [5, 5.41) is 3.51. The van der Waals surface area contributed by atoms with E-state index in [-0.39, 0.29) is 0 Å². The number of imidazole rings is 1. The van der Waals surface area contributed by atoms with Gasteiger partial charge in [0.15, 0.2) is 0 Å². The lowest BCUT2D eigenvalue weighted by molar-refractivity contribution is 0.440. The van der Waals surface area contributed by atoms with Crippen molar-refractivity contribution in [3.05, 3.63) is 52.5 Å². The van der Waals surface area contributed by atoms with Crippen LogP contribution in [-0.2, 0) is 13.1 Å². The van der Waals surface area contributed by atoms with Gasteiger partial charge in [0.05, 0.1) is 0 Å². The van der Waals surface area contributed by atoms with E-state index in [4.69, 9.17) is 0 Å². The van der Waals surface area contributed by atoms with Crippen LogP contribution < -0.4 is 5.32 Å². The van der Waals surface area contributed by atoms with Gasteiger partial charge in [0, 0.05) is 30.0 Å². The molecule has 0 fully saturated rings. The molecule has 0 aliphatic carbocycles. The summed E-state index contributed by atoms with van der Waals surface area (Å²) in [5.74, 6) is 1.67. The second kappa shape index (κ2) is 6.87. The number of hydrogen-bond donors (Lipinski definition) is 1. The highest BCUT2D eigenvalue weighted by Crippen LogP contribution is 2.11. The average Bonchev–Trinajstić information content (AvgIpc) is 2.75. The number of benzene rings is 1. The van der Waals surface area contributed by atoms with Gasteiger partial charge in [0.1, 0.15) is 5.82 Å². The summed E-state index contributed by atoms with van der Waals surface area (Å²) in [6, 6.07) is 8.41. The van der Waals surface area contributed by atoms with Crippen molar-refractivity contribution in [3.63, 3.8) is 0 Å². The van der Waals surface area contributed by atoms with Gasteiger partial charge in [0.2, 0.25) is 0 Å². The van der Waals surface area contributed by atoms with Gasteiger partial charge in [-0.3, -0.25) is 0 Å².